The Morgan fingerprint density at radius 2 is 1.97 bits per heavy atom. The van der Waals surface area contributed by atoms with Gasteiger partial charge in [-0.2, -0.15) is 0 Å². The lowest BCUT2D eigenvalue weighted by molar-refractivity contribution is -0.167. The molecule has 0 spiro atoms. The van der Waals surface area contributed by atoms with Crippen molar-refractivity contribution in [1.82, 2.24) is 4.90 Å². The zero-order chi connectivity index (χ0) is 22.6. The predicted molar refractivity (Wildman–Crippen MR) is 117 cm³/mol. The standard InChI is InChI=1S/C23H30N2O5S/c1-5-30-20(28)17-13-7-6-8-15(13)31-18(17)24-16(26)10-12-25-19(27)14-9-11-23(4,21(25)29)22(14,2)3/h14H,5-12H2,1-4H3,(H,24,26). The van der Waals surface area contributed by atoms with Gasteiger partial charge < -0.3 is 10.1 Å². The largest absolute Gasteiger partial charge is 0.462 e. The van der Waals surface area contributed by atoms with Gasteiger partial charge in [-0.15, -0.1) is 11.3 Å². The Bertz CT molecular complexity index is 965. The fraction of sp³-hybridized carbons (Fsp3) is 0.652. The maximum Gasteiger partial charge on any atom is 0.341 e. The van der Waals surface area contributed by atoms with Crippen molar-refractivity contribution in [2.75, 3.05) is 18.5 Å². The lowest BCUT2D eigenvalue weighted by Gasteiger charge is -2.47. The van der Waals surface area contributed by atoms with Crippen LogP contribution in [0.3, 0.4) is 0 Å². The number of likely N-dealkylation sites (tertiary alicyclic amines) is 1. The minimum atomic E-state index is -0.576. The average Bonchev–Trinajstić information content (AvgIpc) is 3.31. The van der Waals surface area contributed by atoms with E-state index < -0.39 is 11.4 Å². The van der Waals surface area contributed by atoms with Gasteiger partial charge in [-0.25, -0.2) is 4.79 Å². The normalized spacial score (nSPS) is 26.2. The first kappa shape index (κ1) is 22.0. The molecule has 4 rings (SSSR count). The summed E-state index contributed by atoms with van der Waals surface area (Å²) in [6, 6.07) is 0. The van der Waals surface area contributed by atoms with Gasteiger partial charge in [0.15, 0.2) is 0 Å². The summed E-state index contributed by atoms with van der Waals surface area (Å²) >= 11 is 1.42. The molecule has 1 aliphatic heterocycles. The van der Waals surface area contributed by atoms with E-state index >= 15 is 0 Å². The first-order valence-electron chi connectivity index (χ1n) is 11.1. The molecule has 0 radical (unpaired) electrons. The van der Waals surface area contributed by atoms with Crippen LogP contribution in [0.15, 0.2) is 0 Å². The van der Waals surface area contributed by atoms with Crippen molar-refractivity contribution in [2.24, 2.45) is 16.7 Å². The highest BCUT2D eigenvalue weighted by Crippen LogP contribution is 2.60. The monoisotopic (exact) mass is 446 g/mol. The molecular formula is C23H30N2O5S. The van der Waals surface area contributed by atoms with E-state index in [0.29, 0.717) is 23.4 Å². The van der Waals surface area contributed by atoms with Crippen molar-refractivity contribution >= 4 is 40.0 Å². The summed E-state index contributed by atoms with van der Waals surface area (Å²) in [5.74, 6) is -1.25. The van der Waals surface area contributed by atoms with E-state index in [1.807, 2.05) is 20.8 Å². The highest BCUT2D eigenvalue weighted by atomic mass is 32.1. The van der Waals surface area contributed by atoms with Crippen molar-refractivity contribution < 1.29 is 23.9 Å². The van der Waals surface area contributed by atoms with Crippen molar-refractivity contribution in [3.8, 4) is 0 Å². The van der Waals surface area contributed by atoms with Crippen LogP contribution in [0.2, 0.25) is 0 Å². The van der Waals surface area contributed by atoms with Gasteiger partial charge in [-0.1, -0.05) is 20.8 Å². The van der Waals surface area contributed by atoms with Crippen LogP contribution in [0.4, 0.5) is 5.00 Å². The quantitative estimate of drug-likeness (QED) is 0.533. The van der Waals surface area contributed by atoms with Gasteiger partial charge in [-0.05, 0) is 50.0 Å². The number of nitrogens with one attached hydrogen (secondary N) is 1. The number of rotatable bonds is 6. The third kappa shape index (κ3) is 3.30. The molecule has 2 heterocycles. The lowest BCUT2D eigenvalue weighted by atomic mass is 9.62. The number of fused-ring (bicyclic) bond motifs is 3. The number of nitrogens with zero attached hydrogens (tertiary/aromatic N) is 1. The van der Waals surface area contributed by atoms with Crippen molar-refractivity contribution in [2.45, 2.75) is 66.2 Å². The van der Waals surface area contributed by atoms with Crippen LogP contribution in [0.1, 0.15) is 74.2 Å². The van der Waals surface area contributed by atoms with Gasteiger partial charge in [0, 0.05) is 23.8 Å². The minimum Gasteiger partial charge on any atom is -0.462 e. The Balaban J connectivity index is 1.46. The number of amides is 3. The van der Waals surface area contributed by atoms with Crippen LogP contribution in [-0.4, -0.2) is 41.7 Å². The Morgan fingerprint density at radius 3 is 2.68 bits per heavy atom. The average molecular weight is 447 g/mol. The molecule has 7 nitrogen and oxygen atoms in total. The molecule has 3 aliphatic rings. The predicted octanol–water partition coefficient (Wildman–Crippen LogP) is 3.55. The molecule has 2 fully saturated rings. The van der Waals surface area contributed by atoms with Crippen LogP contribution >= 0.6 is 11.3 Å². The highest BCUT2D eigenvalue weighted by Gasteiger charge is 2.64. The molecule has 2 aliphatic carbocycles. The molecule has 1 aromatic rings. The number of hydrogen-bond donors (Lipinski definition) is 1. The molecule has 8 heteroatoms. The van der Waals surface area contributed by atoms with Gasteiger partial charge in [0.1, 0.15) is 5.00 Å². The number of esters is 1. The van der Waals surface area contributed by atoms with E-state index in [2.05, 4.69) is 5.32 Å². The summed E-state index contributed by atoms with van der Waals surface area (Å²) in [7, 11) is 0. The summed E-state index contributed by atoms with van der Waals surface area (Å²) in [4.78, 5) is 53.6. The van der Waals surface area contributed by atoms with Crippen molar-refractivity contribution in [1.29, 1.82) is 0 Å². The molecule has 1 aromatic heterocycles. The molecule has 2 atom stereocenters. The molecule has 168 valence electrons. The first-order chi connectivity index (χ1) is 14.6. The molecule has 0 aromatic carbocycles. The van der Waals surface area contributed by atoms with Crippen LogP contribution in [0.5, 0.6) is 0 Å². The lowest BCUT2D eigenvalue weighted by Crippen LogP contribution is -2.59. The number of hydrogen-bond acceptors (Lipinski definition) is 6. The van der Waals surface area contributed by atoms with Crippen LogP contribution in [0, 0.1) is 16.7 Å². The number of aryl methyl sites for hydroxylation is 1. The highest BCUT2D eigenvalue weighted by molar-refractivity contribution is 7.17. The number of thiophene rings is 1. The zero-order valence-corrected chi connectivity index (χ0v) is 19.4. The third-order valence-electron chi connectivity index (χ3n) is 7.72. The number of anilines is 1. The first-order valence-corrected chi connectivity index (χ1v) is 11.9. The minimum absolute atomic E-state index is 0.00550. The van der Waals surface area contributed by atoms with E-state index in [1.54, 1.807) is 6.92 Å². The molecule has 2 bridgehead atoms. The number of piperidine rings is 1. The fourth-order valence-electron chi connectivity index (χ4n) is 5.43. The SMILES string of the molecule is CCOC(=O)c1c(NC(=O)CCN2C(=O)C3CCC(C)(C2=O)C3(C)C)sc2c1CCC2. The molecule has 1 N–H and O–H groups in total. The summed E-state index contributed by atoms with van der Waals surface area (Å²) in [6.07, 6.45) is 4.11. The number of ether oxygens (including phenoxy) is 1. The smallest absolute Gasteiger partial charge is 0.341 e. The van der Waals surface area contributed by atoms with Crippen LogP contribution < -0.4 is 5.32 Å². The van der Waals surface area contributed by atoms with Crippen LogP contribution in [0.25, 0.3) is 0 Å². The van der Waals surface area contributed by atoms with Gasteiger partial charge in [0.2, 0.25) is 17.7 Å². The van der Waals surface area contributed by atoms with Gasteiger partial charge in [0.25, 0.3) is 0 Å². The number of imide groups is 1. The summed E-state index contributed by atoms with van der Waals surface area (Å²) in [6.45, 7) is 8.02. The maximum absolute atomic E-state index is 13.1. The molecule has 2 unspecified atom stereocenters. The van der Waals surface area contributed by atoms with Crippen molar-refractivity contribution in [3.63, 3.8) is 0 Å². The summed E-state index contributed by atoms with van der Waals surface area (Å²) in [5, 5.41) is 3.35. The fourth-order valence-corrected chi connectivity index (χ4v) is 6.72. The van der Waals surface area contributed by atoms with E-state index in [-0.39, 0.29) is 48.6 Å². The zero-order valence-electron chi connectivity index (χ0n) is 18.6. The number of carbonyl (C=O) groups is 4. The van der Waals surface area contributed by atoms with E-state index in [4.69, 9.17) is 4.74 Å². The molecule has 3 amide bonds. The second-order valence-electron chi connectivity index (χ2n) is 9.52. The van der Waals surface area contributed by atoms with Gasteiger partial charge in [-0.3, -0.25) is 19.3 Å². The van der Waals surface area contributed by atoms with E-state index in [1.165, 1.54) is 16.2 Å². The topological polar surface area (TPSA) is 92.8 Å². The third-order valence-corrected chi connectivity index (χ3v) is 8.93. The molecule has 1 saturated heterocycles. The van der Waals surface area contributed by atoms with E-state index in [9.17, 15) is 19.2 Å². The Kier molecular flexibility index (Phi) is 5.48. The van der Waals surface area contributed by atoms with Gasteiger partial charge in [0.05, 0.1) is 17.6 Å². The maximum atomic E-state index is 13.1. The molecule has 1 saturated carbocycles. The Labute approximate surface area is 186 Å². The van der Waals surface area contributed by atoms with Gasteiger partial charge >= 0.3 is 5.97 Å². The Morgan fingerprint density at radius 1 is 1.23 bits per heavy atom. The number of carbonyl (C=O) groups excluding carboxylic acids is 4. The second kappa shape index (κ2) is 7.73. The van der Waals surface area contributed by atoms with Crippen molar-refractivity contribution in [3.05, 3.63) is 16.0 Å². The molecular weight excluding hydrogens is 416 g/mol. The van der Waals surface area contributed by atoms with Crippen LogP contribution in [-0.2, 0) is 32.0 Å². The van der Waals surface area contributed by atoms with E-state index in [0.717, 1.165) is 29.7 Å². The summed E-state index contributed by atoms with van der Waals surface area (Å²) < 4.78 is 5.20. The second-order valence-corrected chi connectivity index (χ2v) is 10.6. The summed E-state index contributed by atoms with van der Waals surface area (Å²) in [5.41, 5.74) is 0.497. The Hall–Kier alpha value is -2.22. The molecule has 31 heavy (non-hydrogen) atoms.